The Hall–Kier alpha value is -1.11. The fourth-order valence-corrected chi connectivity index (χ4v) is 2.47. The Kier molecular flexibility index (Phi) is 1.95. The van der Waals surface area contributed by atoms with E-state index in [1.54, 1.807) is 11.3 Å². The van der Waals surface area contributed by atoms with Crippen LogP contribution < -0.4 is 0 Å². The Bertz CT molecular complexity index is 510. The van der Waals surface area contributed by atoms with E-state index < -0.39 is 0 Å². The predicted molar refractivity (Wildman–Crippen MR) is 54.1 cm³/mol. The van der Waals surface area contributed by atoms with Crippen LogP contribution in [0, 0.1) is 18.3 Å². The smallest absolute Gasteiger partial charge is 0.125 e. The van der Waals surface area contributed by atoms with Crippen LogP contribution in [0.5, 0.6) is 0 Å². The summed E-state index contributed by atoms with van der Waals surface area (Å²) in [6.45, 7) is 1.97. The minimum absolute atomic E-state index is 0.440. The molecule has 0 aliphatic rings. The van der Waals surface area contributed by atoms with Crippen molar-refractivity contribution < 1.29 is 0 Å². The van der Waals surface area contributed by atoms with Gasteiger partial charge in [0.2, 0.25) is 0 Å². The summed E-state index contributed by atoms with van der Waals surface area (Å²) in [5, 5.41) is 12.2. The van der Waals surface area contributed by atoms with Crippen molar-refractivity contribution in [3.05, 3.63) is 27.7 Å². The van der Waals surface area contributed by atoms with Crippen LogP contribution in [0.25, 0.3) is 10.2 Å². The molecule has 0 amide bonds. The van der Waals surface area contributed by atoms with E-state index >= 15 is 0 Å². The molecule has 13 heavy (non-hydrogen) atoms. The van der Waals surface area contributed by atoms with E-state index in [1.165, 1.54) is 6.20 Å². The van der Waals surface area contributed by atoms with Gasteiger partial charge in [-0.2, -0.15) is 5.26 Å². The fourth-order valence-electron chi connectivity index (χ4n) is 1.19. The number of halogens is 1. The summed E-state index contributed by atoms with van der Waals surface area (Å²) in [5.41, 5.74) is 1.52. The standard InChI is InChI=1S/C9H5ClN2S/c1-5-4-13-9-7(5)8(10)6(2-11)3-12-9/h3-4H,1H3. The molecule has 2 aromatic heterocycles. The second-order valence-electron chi connectivity index (χ2n) is 2.70. The van der Waals surface area contributed by atoms with Gasteiger partial charge in [-0.3, -0.25) is 0 Å². The average Bonchev–Trinajstić information content (AvgIpc) is 2.49. The molecule has 0 saturated heterocycles. The van der Waals surface area contributed by atoms with Crippen LogP contribution in [0.1, 0.15) is 11.1 Å². The topological polar surface area (TPSA) is 36.7 Å². The number of thiophene rings is 1. The van der Waals surface area contributed by atoms with Crippen LogP contribution in [-0.2, 0) is 0 Å². The van der Waals surface area contributed by atoms with Crippen molar-refractivity contribution in [3.63, 3.8) is 0 Å². The van der Waals surface area contributed by atoms with E-state index in [9.17, 15) is 0 Å². The van der Waals surface area contributed by atoms with E-state index in [4.69, 9.17) is 16.9 Å². The third kappa shape index (κ3) is 1.19. The SMILES string of the molecule is Cc1csc2ncc(C#N)c(Cl)c12. The normalized spacial score (nSPS) is 10.2. The molecule has 0 aliphatic heterocycles. The van der Waals surface area contributed by atoms with Crippen LogP contribution >= 0.6 is 22.9 Å². The highest BCUT2D eigenvalue weighted by atomic mass is 35.5. The number of nitrogens with zero attached hydrogens (tertiary/aromatic N) is 2. The maximum absolute atomic E-state index is 8.74. The zero-order chi connectivity index (χ0) is 9.42. The van der Waals surface area contributed by atoms with Gasteiger partial charge in [0.25, 0.3) is 0 Å². The van der Waals surface area contributed by atoms with Gasteiger partial charge in [0, 0.05) is 11.6 Å². The third-order valence-electron chi connectivity index (χ3n) is 1.84. The molecule has 2 nitrogen and oxygen atoms in total. The molecule has 0 saturated carbocycles. The number of aromatic nitrogens is 1. The van der Waals surface area contributed by atoms with Gasteiger partial charge in [-0.1, -0.05) is 11.6 Å². The third-order valence-corrected chi connectivity index (χ3v) is 3.24. The number of fused-ring (bicyclic) bond motifs is 1. The lowest BCUT2D eigenvalue weighted by Gasteiger charge is -1.96. The minimum atomic E-state index is 0.440. The molecule has 2 rings (SSSR count). The van der Waals surface area contributed by atoms with Gasteiger partial charge in [0.1, 0.15) is 10.9 Å². The zero-order valence-corrected chi connectivity index (χ0v) is 8.41. The molecule has 0 unspecified atom stereocenters. The maximum atomic E-state index is 8.74. The Labute approximate surface area is 84.4 Å². The molecule has 0 radical (unpaired) electrons. The van der Waals surface area contributed by atoms with Crippen molar-refractivity contribution in [2.24, 2.45) is 0 Å². The maximum Gasteiger partial charge on any atom is 0.125 e. The van der Waals surface area contributed by atoms with Crippen LogP contribution in [0.4, 0.5) is 0 Å². The van der Waals surface area contributed by atoms with Crippen molar-refractivity contribution in [3.8, 4) is 6.07 Å². The quantitative estimate of drug-likeness (QED) is 0.667. The molecule has 2 heterocycles. The summed E-state index contributed by atoms with van der Waals surface area (Å²) < 4.78 is 0. The number of hydrogen-bond donors (Lipinski definition) is 0. The lowest BCUT2D eigenvalue weighted by Crippen LogP contribution is -1.82. The molecule has 4 heteroatoms. The van der Waals surface area contributed by atoms with Crippen molar-refractivity contribution in [1.82, 2.24) is 4.98 Å². The van der Waals surface area contributed by atoms with Crippen molar-refractivity contribution in [2.45, 2.75) is 6.92 Å². The summed E-state index contributed by atoms with van der Waals surface area (Å²) in [6.07, 6.45) is 1.51. The molecule has 0 spiro atoms. The minimum Gasteiger partial charge on any atom is -0.244 e. The second kappa shape index (κ2) is 2.99. The summed E-state index contributed by atoms with van der Waals surface area (Å²) in [6, 6.07) is 2.01. The largest absolute Gasteiger partial charge is 0.244 e. The Morgan fingerprint density at radius 2 is 2.38 bits per heavy atom. The van der Waals surface area contributed by atoms with E-state index in [-0.39, 0.29) is 0 Å². The first-order valence-corrected chi connectivity index (χ1v) is 4.92. The summed E-state index contributed by atoms with van der Waals surface area (Å²) in [4.78, 5) is 5.04. The van der Waals surface area contributed by atoms with Gasteiger partial charge in [-0.25, -0.2) is 4.98 Å². The first-order chi connectivity index (χ1) is 6.24. The molecular weight excluding hydrogens is 204 g/mol. The molecule has 0 N–H and O–H groups in total. The molecule has 64 valence electrons. The van der Waals surface area contributed by atoms with Crippen molar-refractivity contribution in [2.75, 3.05) is 0 Å². The van der Waals surface area contributed by atoms with Gasteiger partial charge >= 0.3 is 0 Å². The predicted octanol–water partition coefficient (Wildman–Crippen LogP) is 3.13. The number of pyridine rings is 1. The van der Waals surface area contributed by atoms with Gasteiger partial charge in [-0.15, -0.1) is 11.3 Å². The summed E-state index contributed by atoms with van der Waals surface area (Å²) in [5.74, 6) is 0. The van der Waals surface area contributed by atoms with Crippen LogP contribution in [0.2, 0.25) is 5.02 Å². The van der Waals surface area contributed by atoms with Crippen molar-refractivity contribution in [1.29, 1.82) is 5.26 Å². The Balaban J connectivity index is 2.93. The number of aryl methyl sites for hydroxylation is 1. The number of hydrogen-bond acceptors (Lipinski definition) is 3. The van der Waals surface area contributed by atoms with Crippen LogP contribution in [-0.4, -0.2) is 4.98 Å². The molecule has 0 bridgehead atoms. The molecule has 2 aromatic rings. The average molecular weight is 209 g/mol. The Morgan fingerprint density at radius 3 is 3.08 bits per heavy atom. The highest BCUT2D eigenvalue weighted by molar-refractivity contribution is 7.17. The van der Waals surface area contributed by atoms with Gasteiger partial charge in [-0.05, 0) is 17.9 Å². The van der Waals surface area contributed by atoms with Crippen LogP contribution in [0.3, 0.4) is 0 Å². The first kappa shape index (κ1) is 8.49. The van der Waals surface area contributed by atoms with Crippen molar-refractivity contribution >= 4 is 33.2 Å². The second-order valence-corrected chi connectivity index (χ2v) is 3.93. The lowest BCUT2D eigenvalue weighted by molar-refractivity contribution is 1.39. The van der Waals surface area contributed by atoms with E-state index in [1.807, 2.05) is 18.4 Å². The van der Waals surface area contributed by atoms with E-state index in [0.717, 1.165) is 15.8 Å². The van der Waals surface area contributed by atoms with E-state index in [0.29, 0.717) is 10.6 Å². The Morgan fingerprint density at radius 1 is 1.62 bits per heavy atom. The van der Waals surface area contributed by atoms with Gasteiger partial charge in [0.05, 0.1) is 10.6 Å². The molecule has 0 fully saturated rings. The summed E-state index contributed by atoms with van der Waals surface area (Å²) in [7, 11) is 0. The molecule has 0 aliphatic carbocycles. The highest BCUT2D eigenvalue weighted by Gasteiger charge is 2.09. The highest BCUT2D eigenvalue weighted by Crippen LogP contribution is 2.31. The lowest BCUT2D eigenvalue weighted by atomic mass is 10.2. The molecular formula is C9H5ClN2S. The number of rotatable bonds is 0. The molecule has 0 aromatic carbocycles. The van der Waals surface area contributed by atoms with Crippen LogP contribution in [0.15, 0.2) is 11.6 Å². The zero-order valence-electron chi connectivity index (χ0n) is 6.84. The van der Waals surface area contributed by atoms with Gasteiger partial charge in [0.15, 0.2) is 0 Å². The summed E-state index contributed by atoms with van der Waals surface area (Å²) >= 11 is 7.57. The van der Waals surface area contributed by atoms with E-state index in [2.05, 4.69) is 4.98 Å². The number of nitriles is 1. The van der Waals surface area contributed by atoms with Gasteiger partial charge < -0.3 is 0 Å². The monoisotopic (exact) mass is 208 g/mol. The fraction of sp³-hybridized carbons (Fsp3) is 0.111. The first-order valence-electron chi connectivity index (χ1n) is 3.66. The molecule has 0 atom stereocenters.